The lowest BCUT2D eigenvalue weighted by molar-refractivity contribution is -0.138. The van der Waals surface area contributed by atoms with Crippen LogP contribution in [0.25, 0.3) is 0 Å². The second-order valence-corrected chi connectivity index (χ2v) is 3.41. The van der Waals surface area contributed by atoms with E-state index in [0.717, 1.165) is 0 Å². The van der Waals surface area contributed by atoms with Gasteiger partial charge in [0.25, 0.3) is 0 Å². The Morgan fingerprint density at radius 2 is 1.87 bits per heavy atom. The maximum absolute atomic E-state index is 11.4. The third-order valence-corrected chi connectivity index (χ3v) is 1.29. The second-order valence-electron chi connectivity index (χ2n) is 3.41. The van der Waals surface area contributed by atoms with Gasteiger partial charge in [0, 0.05) is 34.4 Å². The van der Waals surface area contributed by atoms with Gasteiger partial charge in [0.2, 0.25) is 0 Å². The Hall–Kier alpha value is -1.52. The molecule has 15 heavy (non-hydrogen) atoms. The Morgan fingerprint density at radius 1 is 1.27 bits per heavy atom. The van der Waals surface area contributed by atoms with E-state index in [1.54, 1.807) is 29.3 Å². The predicted octanol–water partition coefficient (Wildman–Crippen LogP) is 0.542. The van der Waals surface area contributed by atoms with Gasteiger partial charge < -0.3 is 14.5 Å². The van der Waals surface area contributed by atoms with Gasteiger partial charge in [-0.05, 0) is 6.92 Å². The molecule has 86 valence electrons. The number of hydrogen-bond acceptors (Lipinski definition) is 4. The Labute approximate surface area is 91.0 Å². The monoisotopic (exact) mass is 213 g/mol. The van der Waals surface area contributed by atoms with Gasteiger partial charge in [0.1, 0.15) is 0 Å². The van der Waals surface area contributed by atoms with Crippen LogP contribution in [-0.2, 0) is 9.53 Å². The molecular formula is C10H19N3O2. The van der Waals surface area contributed by atoms with E-state index in [9.17, 15) is 4.79 Å². The topological polar surface area (TPSA) is 45.1 Å². The molecule has 0 aromatic carbocycles. The second kappa shape index (κ2) is 6.86. The zero-order valence-electron chi connectivity index (χ0n) is 10.0. The van der Waals surface area contributed by atoms with Crippen LogP contribution < -0.4 is 0 Å². The molecule has 0 aromatic rings. The minimum absolute atomic E-state index is 0.288. The van der Waals surface area contributed by atoms with Crippen molar-refractivity contribution in [2.45, 2.75) is 6.92 Å². The van der Waals surface area contributed by atoms with Crippen LogP contribution in [0.15, 0.2) is 16.9 Å². The van der Waals surface area contributed by atoms with Crippen LogP contribution in [0.1, 0.15) is 6.92 Å². The van der Waals surface area contributed by atoms with E-state index in [-0.39, 0.29) is 5.70 Å². The van der Waals surface area contributed by atoms with Crippen molar-refractivity contribution >= 4 is 12.3 Å². The maximum atomic E-state index is 11.4. The SMILES string of the molecule is CCOC(=O)C(=CN(C)C)N=CN(C)C. The standard InChI is InChI=1S/C10H19N3O2/c1-6-15-10(14)9(7-12(2)3)11-8-13(4)5/h7-8H,6H2,1-5H3. The number of aliphatic imine (C=N–C) groups is 1. The lowest BCUT2D eigenvalue weighted by Crippen LogP contribution is -2.14. The summed E-state index contributed by atoms with van der Waals surface area (Å²) in [6, 6.07) is 0. The van der Waals surface area contributed by atoms with E-state index in [2.05, 4.69) is 4.99 Å². The van der Waals surface area contributed by atoms with Crippen molar-refractivity contribution in [2.24, 2.45) is 4.99 Å². The van der Waals surface area contributed by atoms with E-state index in [1.165, 1.54) is 0 Å². The number of esters is 1. The number of hydrogen-bond donors (Lipinski definition) is 0. The summed E-state index contributed by atoms with van der Waals surface area (Å²) in [7, 11) is 7.32. The van der Waals surface area contributed by atoms with Crippen molar-refractivity contribution < 1.29 is 9.53 Å². The highest BCUT2D eigenvalue weighted by molar-refractivity contribution is 5.89. The zero-order valence-corrected chi connectivity index (χ0v) is 10.0. The molecule has 0 fully saturated rings. The van der Waals surface area contributed by atoms with Crippen molar-refractivity contribution in [1.82, 2.24) is 9.80 Å². The molecule has 0 unspecified atom stereocenters. The minimum Gasteiger partial charge on any atom is -0.461 e. The highest BCUT2D eigenvalue weighted by Crippen LogP contribution is 2.01. The fourth-order valence-electron chi connectivity index (χ4n) is 0.766. The van der Waals surface area contributed by atoms with E-state index in [1.807, 2.05) is 28.2 Å². The Kier molecular flexibility index (Phi) is 6.17. The van der Waals surface area contributed by atoms with Crippen molar-refractivity contribution in [3.8, 4) is 0 Å². The summed E-state index contributed by atoms with van der Waals surface area (Å²) in [6.45, 7) is 2.11. The lowest BCUT2D eigenvalue weighted by atomic mass is 10.4. The van der Waals surface area contributed by atoms with Crippen LogP contribution in [0, 0.1) is 0 Å². The van der Waals surface area contributed by atoms with Gasteiger partial charge in [0.05, 0.1) is 12.9 Å². The fourth-order valence-corrected chi connectivity index (χ4v) is 0.766. The van der Waals surface area contributed by atoms with E-state index in [4.69, 9.17) is 4.74 Å². The van der Waals surface area contributed by atoms with Crippen LogP contribution in [0.2, 0.25) is 0 Å². The molecule has 0 radical (unpaired) electrons. The molecule has 0 atom stereocenters. The summed E-state index contributed by atoms with van der Waals surface area (Å²) < 4.78 is 4.87. The average molecular weight is 213 g/mol. The molecule has 5 heteroatoms. The van der Waals surface area contributed by atoms with Gasteiger partial charge in [-0.15, -0.1) is 0 Å². The fraction of sp³-hybridized carbons (Fsp3) is 0.600. The van der Waals surface area contributed by atoms with Crippen molar-refractivity contribution in [3.63, 3.8) is 0 Å². The Morgan fingerprint density at radius 3 is 2.27 bits per heavy atom. The van der Waals surface area contributed by atoms with Gasteiger partial charge in [-0.25, -0.2) is 9.79 Å². The third kappa shape index (κ3) is 6.54. The molecule has 0 heterocycles. The summed E-state index contributed by atoms with van der Waals surface area (Å²) in [4.78, 5) is 19.0. The van der Waals surface area contributed by atoms with E-state index in [0.29, 0.717) is 6.61 Å². The first kappa shape index (κ1) is 13.5. The normalized spacial score (nSPS) is 11.7. The highest BCUT2D eigenvalue weighted by Gasteiger charge is 2.08. The van der Waals surface area contributed by atoms with Gasteiger partial charge in [-0.3, -0.25) is 0 Å². The van der Waals surface area contributed by atoms with Crippen molar-refractivity contribution in [3.05, 3.63) is 11.9 Å². The zero-order chi connectivity index (χ0) is 11.8. The molecule has 0 spiro atoms. The largest absolute Gasteiger partial charge is 0.461 e. The minimum atomic E-state index is -0.413. The summed E-state index contributed by atoms with van der Waals surface area (Å²) in [5, 5.41) is 0. The van der Waals surface area contributed by atoms with Crippen molar-refractivity contribution in [2.75, 3.05) is 34.8 Å². The number of nitrogens with zero attached hydrogens (tertiary/aromatic N) is 3. The molecule has 0 bridgehead atoms. The molecule has 0 aliphatic carbocycles. The summed E-state index contributed by atoms with van der Waals surface area (Å²) in [5.74, 6) is -0.413. The van der Waals surface area contributed by atoms with Gasteiger partial charge >= 0.3 is 5.97 Å². The van der Waals surface area contributed by atoms with Crippen LogP contribution >= 0.6 is 0 Å². The third-order valence-electron chi connectivity index (χ3n) is 1.29. The van der Waals surface area contributed by atoms with Crippen LogP contribution in [0.3, 0.4) is 0 Å². The van der Waals surface area contributed by atoms with E-state index >= 15 is 0 Å². The number of rotatable bonds is 5. The van der Waals surface area contributed by atoms with E-state index < -0.39 is 5.97 Å². The molecule has 0 rings (SSSR count). The molecule has 0 aliphatic rings. The molecule has 0 saturated carbocycles. The lowest BCUT2D eigenvalue weighted by Gasteiger charge is -2.09. The van der Waals surface area contributed by atoms with Crippen molar-refractivity contribution in [1.29, 1.82) is 0 Å². The number of carbonyl (C=O) groups is 1. The molecule has 0 aliphatic heterocycles. The first-order valence-corrected chi connectivity index (χ1v) is 4.73. The number of carbonyl (C=O) groups excluding carboxylic acids is 1. The highest BCUT2D eigenvalue weighted by atomic mass is 16.5. The molecule has 0 N–H and O–H groups in total. The smallest absolute Gasteiger partial charge is 0.358 e. The summed E-state index contributed by atoms with van der Waals surface area (Å²) >= 11 is 0. The average Bonchev–Trinajstić information content (AvgIpc) is 2.11. The molecule has 0 saturated heterocycles. The Bertz CT molecular complexity index is 257. The Balaban J connectivity index is 4.66. The first-order valence-electron chi connectivity index (χ1n) is 4.73. The first-order chi connectivity index (χ1) is 6.97. The summed E-state index contributed by atoms with van der Waals surface area (Å²) in [5.41, 5.74) is 0.288. The van der Waals surface area contributed by atoms with Crippen LogP contribution in [-0.4, -0.2) is 56.9 Å². The van der Waals surface area contributed by atoms with Crippen LogP contribution in [0.4, 0.5) is 0 Å². The predicted molar refractivity (Wildman–Crippen MR) is 60.6 cm³/mol. The quantitative estimate of drug-likeness (QED) is 0.289. The van der Waals surface area contributed by atoms with Gasteiger partial charge in [-0.1, -0.05) is 0 Å². The maximum Gasteiger partial charge on any atom is 0.358 e. The van der Waals surface area contributed by atoms with Crippen LogP contribution in [0.5, 0.6) is 0 Å². The number of ether oxygens (including phenoxy) is 1. The molecule has 5 nitrogen and oxygen atoms in total. The summed E-state index contributed by atoms with van der Waals surface area (Å²) in [6.07, 6.45) is 3.18. The molecule has 0 aromatic heterocycles. The molecular weight excluding hydrogens is 194 g/mol. The van der Waals surface area contributed by atoms with Gasteiger partial charge in [-0.2, -0.15) is 0 Å². The molecule has 0 amide bonds. The van der Waals surface area contributed by atoms with Gasteiger partial charge in [0.15, 0.2) is 5.70 Å².